The largest absolute Gasteiger partial charge is 0.508 e. The number of benzene rings is 1. The molecule has 144 valence electrons. The second-order valence-corrected chi connectivity index (χ2v) is 7.30. The van der Waals surface area contributed by atoms with Crippen LogP contribution < -0.4 is 11.1 Å². The second kappa shape index (κ2) is 6.99. The Labute approximate surface area is 162 Å². The summed E-state index contributed by atoms with van der Waals surface area (Å²) in [5.41, 5.74) is 8.61. The van der Waals surface area contributed by atoms with Crippen LogP contribution in [0.3, 0.4) is 0 Å². The van der Waals surface area contributed by atoms with Gasteiger partial charge in [-0.1, -0.05) is 12.1 Å². The molecule has 1 heterocycles. The first-order chi connectivity index (χ1) is 13.4. The summed E-state index contributed by atoms with van der Waals surface area (Å²) in [5, 5.41) is 16.9. The van der Waals surface area contributed by atoms with Crippen LogP contribution in [0.2, 0.25) is 0 Å². The first kappa shape index (κ1) is 18.0. The third kappa shape index (κ3) is 3.43. The lowest BCUT2D eigenvalue weighted by atomic mass is 9.92. The molecule has 1 atom stereocenters. The molecule has 2 aliphatic rings. The number of aromatic nitrogens is 2. The number of ketones is 1. The predicted octanol–water partition coefficient (Wildman–Crippen LogP) is 2.86. The number of allylic oxidation sites excluding steroid dienone is 3. The van der Waals surface area contributed by atoms with Gasteiger partial charge in [0.15, 0.2) is 5.78 Å². The highest BCUT2D eigenvalue weighted by atomic mass is 16.3. The molecular weight excluding hydrogens is 356 g/mol. The molecule has 1 aromatic heterocycles. The van der Waals surface area contributed by atoms with Gasteiger partial charge in [0.05, 0.1) is 17.4 Å². The SMILES string of the molecule is Cc1ccc(C(=O)NC2CC2)cc1-n1ncc(C(=O)C2C=C(O)C=CC2)c1N. The van der Waals surface area contributed by atoms with Gasteiger partial charge in [-0.05, 0) is 56.0 Å². The molecule has 28 heavy (non-hydrogen) atoms. The highest BCUT2D eigenvalue weighted by molar-refractivity contribution is 6.03. The van der Waals surface area contributed by atoms with E-state index in [4.69, 9.17) is 5.73 Å². The zero-order valence-electron chi connectivity index (χ0n) is 15.6. The number of anilines is 1. The van der Waals surface area contributed by atoms with Crippen molar-refractivity contribution in [3.8, 4) is 5.69 Å². The summed E-state index contributed by atoms with van der Waals surface area (Å²) in [5.74, 6) is -0.502. The topological polar surface area (TPSA) is 110 Å². The van der Waals surface area contributed by atoms with E-state index >= 15 is 0 Å². The predicted molar refractivity (Wildman–Crippen MR) is 105 cm³/mol. The molecule has 1 saturated carbocycles. The van der Waals surface area contributed by atoms with Gasteiger partial charge in [0.1, 0.15) is 11.6 Å². The number of rotatable bonds is 5. The zero-order chi connectivity index (χ0) is 19.8. The molecule has 4 rings (SSSR count). The third-order valence-corrected chi connectivity index (χ3v) is 5.07. The van der Waals surface area contributed by atoms with Crippen molar-refractivity contribution in [1.29, 1.82) is 0 Å². The van der Waals surface area contributed by atoms with Gasteiger partial charge in [-0.2, -0.15) is 5.10 Å². The number of hydrogen-bond donors (Lipinski definition) is 3. The molecular formula is C21H22N4O3. The lowest BCUT2D eigenvalue weighted by Gasteiger charge is -2.14. The van der Waals surface area contributed by atoms with Crippen molar-refractivity contribution in [2.24, 2.45) is 5.92 Å². The number of aliphatic hydroxyl groups is 1. The van der Waals surface area contributed by atoms with E-state index < -0.39 is 5.92 Å². The molecule has 7 heteroatoms. The summed E-state index contributed by atoms with van der Waals surface area (Å²) >= 11 is 0. The number of nitrogen functional groups attached to an aromatic ring is 1. The number of nitrogens with one attached hydrogen (secondary N) is 1. The Kier molecular flexibility index (Phi) is 4.50. The Morgan fingerprint density at radius 3 is 2.82 bits per heavy atom. The smallest absolute Gasteiger partial charge is 0.251 e. The minimum absolute atomic E-state index is 0.0702. The van der Waals surface area contributed by atoms with Crippen LogP contribution >= 0.6 is 0 Å². The maximum absolute atomic E-state index is 12.8. The summed E-state index contributed by atoms with van der Waals surface area (Å²) in [4.78, 5) is 25.2. The average Bonchev–Trinajstić information content (AvgIpc) is 3.41. The van der Waals surface area contributed by atoms with Crippen LogP contribution in [0, 0.1) is 12.8 Å². The molecule has 7 nitrogen and oxygen atoms in total. The third-order valence-electron chi connectivity index (χ3n) is 5.07. The van der Waals surface area contributed by atoms with Crippen LogP contribution in [0.1, 0.15) is 45.5 Å². The molecule has 2 aromatic rings. The monoisotopic (exact) mass is 378 g/mol. The molecule has 1 fully saturated rings. The molecule has 4 N–H and O–H groups in total. The van der Waals surface area contributed by atoms with E-state index in [0.717, 1.165) is 18.4 Å². The van der Waals surface area contributed by atoms with Gasteiger partial charge in [0, 0.05) is 17.5 Å². The highest BCUT2D eigenvalue weighted by Gasteiger charge is 2.26. The fourth-order valence-electron chi connectivity index (χ4n) is 3.26. The summed E-state index contributed by atoms with van der Waals surface area (Å²) in [6.45, 7) is 1.90. The van der Waals surface area contributed by atoms with Crippen LogP contribution in [0.15, 0.2) is 48.4 Å². The Balaban J connectivity index is 1.64. The van der Waals surface area contributed by atoms with Crippen LogP contribution in [-0.2, 0) is 0 Å². The van der Waals surface area contributed by atoms with E-state index in [1.54, 1.807) is 24.3 Å². The lowest BCUT2D eigenvalue weighted by molar-refractivity contribution is 0.0938. The Hall–Kier alpha value is -3.35. The van der Waals surface area contributed by atoms with Crippen molar-refractivity contribution >= 4 is 17.5 Å². The molecule has 1 amide bonds. The minimum Gasteiger partial charge on any atom is -0.508 e. The van der Waals surface area contributed by atoms with E-state index in [1.165, 1.54) is 17.0 Å². The first-order valence-electron chi connectivity index (χ1n) is 9.31. The van der Waals surface area contributed by atoms with Gasteiger partial charge >= 0.3 is 0 Å². The zero-order valence-corrected chi connectivity index (χ0v) is 15.6. The number of carbonyl (C=O) groups is 2. The van der Waals surface area contributed by atoms with Gasteiger partial charge in [-0.25, -0.2) is 4.68 Å². The summed E-state index contributed by atoms with van der Waals surface area (Å²) in [6.07, 6.45) is 8.82. The van der Waals surface area contributed by atoms with Gasteiger partial charge in [-0.3, -0.25) is 9.59 Å². The van der Waals surface area contributed by atoms with Gasteiger partial charge < -0.3 is 16.2 Å². The van der Waals surface area contributed by atoms with E-state index in [0.29, 0.717) is 23.2 Å². The maximum atomic E-state index is 12.8. The van der Waals surface area contributed by atoms with Crippen molar-refractivity contribution in [2.45, 2.75) is 32.2 Å². The molecule has 0 saturated heterocycles. The summed E-state index contributed by atoms with van der Waals surface area (Å²) in [6, 6.07) is 5.61. The number of Topliss-reactive ketones (excluding diaryl/α,β-unsaturated/α-hetero) is 1. The first-order valence-corrected chi connectivity index (χ1v) is 9.31. The lowest BCUT2D eigenvalue weighted by Crippen LogP contribution is -2.25. The highest BCUT2D eigenvalue weighted by Crippen LogP contribution is 2.27. The second-order valence-electron chi connectivity index (χ2n) is 7.30. The van der Waals surface area contributed by atoms with E-state index in [2.05, 4.69) is 10.4 Å². The van der Waals surface area contributed by atoms with Gasteiger partial charge in [0.25, 0.3) is 5.91 Å². The Bertz CT molecular complexity index is 1010. The van der Waals surface area contributed by atoms with Gasteiger partial charge in [0.2, 0.25) is 0 Å². The fraction of sp³-hybridized carbons (Fsp3) is 0.286. The number of carbonyl (C=O) groups excluding carboxylic acids is 2. The Morgan fingerprint density at radius 1 is 1.32 bits per heavy atom. The number of nitrogens with two attached hydrogens (primary N) is 1. The maximum Gasteiger partial charge on any atom is 0.251 e. The van der Waals surface area contributed by atoms with Gasteiger partial charge in [-0.15, -0.1) is 0 Å². The number of aryl methyl sites for hydroxylation is 1. The average molecular weight is 378 g/mol. The molecule has 0 aliphatic heterocycles. The van der Waals surface area contributed by atoms with Crippen LogP contribution in [0.4, 0.5) is 5.82 Å². The van der Waals surface area contributed by atoms with Crippen molar-refractivity contribution in [2.75, 3.05) is 5.73 Å². The molecule has 1 unspecified atom stereocenters. The molecule has 2 aliphatic carbocycles. The minimum atomic E-state index is -0.471. The van der Waals surface area contributed by atoms with E-state index in [1.807, 2.05) is 13.0 Å². The number of aliphatic hydroxyl groups excluding tert-OH is 1. The summed E-state index contributed by atoms with van der Waals surface area (Å²) in [7, 11) is 0. The molecule has 0 radical (unpaired) electrons. The van der Waals surface area contributed by atoms with Crippen LogP contribution in [-0.4, -0.2) is 32.6 Å². The molecule has 1 aromatic carbocycles. The fourth-order valence-corrected chi connectivity index (χ4v) is 3.26. The van der Waals surface area contributed by atoms with Crippen molar-refractivity contribution in [3.63, 3.8) is 0 Å². The quantitative estimate of drug-likeness (QED) is 0.693. The normalized spacial score (nSPS) is 18.6. The van der Waals surface area contributed by atoms with Crippen molar-refractivity contribution < 1.29 is 14.7 Å². The number of nitrogens with zero attached hydrogens (tertiary/aromatic N) is 2. The van der Waals surface area contributed by atoms with Crippen molar-refractivity contribution in [3.05, 3.63) is 65.1 Å². The van der Waals surface area contributed by atoms with E-state index in [9.17, 15) is 14.7 Å². The molecule has 0 bridgehead atoms. The van der Waals surface area contributed by atoms with E-state index in [-0.39, 0.29) is 29.3 Å². The standard InChI is InChI=1S/C21H22N4O3/c1-12-5-6-14(21(28)24-15-7-8-15)10-18(12)25-20(22)17(11-23-25)19(27)13-3-2-4-16(26)9-13/h2,4-6,9-11,13,15,26H,3,7-8,22H2,1H3,(H,24,28). The Morgan fingerprint density at radius 2 is 2.11 bits per heavy atom. The van der Waals surface area contributed by atoms with Crippen molar-refractivity contribution in [1.82, 2.24) is 15.1 Å². The number of amides is 1. The number of hydrogen-bond acceptors (Lipinski definition) is 5. The van der Waals surface area contributed by atoms with Crippen LogP contribution in [0.25, 0.3) is 5.69 Å². The van der Waals surface area contributed by atoms with Crippen LogP contribution in [0.5, 0.6) is 0 Å². The molecule has 0 spiro atoms. The summed E-state index contributed by atoms with van der Waals surface area (Å²) < 4.78 is 1.48.